The predicted octanol–water partition coefficient (Wildman–Crippen LogP) is 4.58. The fourth-order valence-corrected chi connectivity index (χ4v) is 3.99. The molecule has 1 heterocycles. The summed E-state index contributed by atoms with van der Waals surface area (Å²) < 4.78 is 0. The summed E-state index contributed by atoms with van der Waals surface area (Å²) in [6, 6.07) is 25.3. The van der Waals surface area contributed by atoms with Crippen LogP contribution in [-0.2, 0) is 9.59 Å². The molecule has 6 heteroatoms. The fraction of sp³-hybridized carbons (Fsp3) is 0.115. The van der Waals surface area contributed by atoms with Gasteiger partial charge in [-0.3, -0.25) is 14.5 Å². The molecule has 1 atom stereocenters. The van der Waals surface area contributed by atoms with Crippen molar-refractivity contribution in [2.75, 3.05) is 4.90 Å². The van der Waals surface area contributed by atoms with E-state index in [2.05, 4.69) is 4.98 Å². The van der Waals surface area contributed by atoms with Crippen molar-refractivity contribution in [1.82, 2.24) is 4.98 Å². The number of hydrogen-bond donors (Lipinski definition) is 2. The van der Waals surface area contributed by atoms with Gasteiger partial charge in [0, 0.05) is 10.9 Å². The lowest BCUT2D eigenvalue weighted by Crippen LogP contribution is -2.43. The highest BCUT2D eigenvalue weighted by atomic mass is 16.3. The molecule has 32 heavy (non-hydrogen) atoms. The number of carbonyl (C=O) groups is 2. The van der Waals surface area contributed by atoms with Crippen LogP contribution < -0.4 is 10.6 Å². The second-order valence-electron chi connectivity index (χ2n) is 7.41. The number of rotatable bonds is 5. The van der Waals surface area contributed by atoms with Crippen molar-refractivity contribution in [2.45, 2.75) is 19.4 Å². The van der Waals surface area contributed by atoms with Crippen LogP contribution >= 0.6 is 0 Å². The van der Waals surface area contributed by atoms with Gasteiger partial charge in [-0.1, -0.05) is 85.8 Å². The van der Waals surface area contributed by atoms with Gasteiger partial charge in [-0.15, -0.1) is 0 Å². The van der Waals surface area contributed by atoms with Crippen LogP contribution in [0.25, 0.3) is 22.2 Å². The number of pyridine rings is 1. The van der Waals surface area contributed by atoms with E-state index in [0.29, 0.717) is 28.6 Å². The number of benzene rings is 3. The third-order valence-corrected chi connectivity index (χ3v) is 5.44. The molecular weight excluding hydrogens is 402 g/mol. The first-order chi connectivity index (χ1) is 15.5. The largest absolute Gasteiger partial charge is 0.504 e. The van der Waals surface area contributed by atoms with Crippen LogP contribution in [0.15, 0.2) is 84.9 Å². The molecule has 3 N–H and O–H groups in total. The van der Waals surface area contributed by atoms with Gasteiger partial charge in [-0.2, -0.15) is 0 Å². The SMILES string of the molecule is CC[C@@H](c1ccccc1)N(C(=O)C(N)=O)c1c(O)c(-c2ccccc2)nc2ccccc12. The second-order valence-corrected chi connectivity index (χ2v) is 7.41. The standard InChI is InChI=1S/C26H23N3O3/c1-2-21(17-11-5-3-6-12-17)29(26(32)25(27)31)23-19-15-9-10-16-20(19)28-22(24(23)30)18-13-7-4-8-14-18/h3-16,21,30H,2H2,1H3,(H2,27,31)/t21-/m0/s1. The molecule has 2 amide bonds. The highest BCUT2D eigenvalue weighted by Gasteiger charge is 2.33. The molecule has 0 saturated carbocycles. The summed E-state index contributed by atoms with van der Waals surface area (Å²) in [5.74, 6) is -2.17. The lowest BCUT2D eigenvalue weighted by molar-refractivity contribution is -0.136. The summed E-state index contributed by atoms with van der Waals surface area (Å²) in [6.45, 7) is 1.91. The van der Waals surface area contributed by atoms with E-state index in [1.807, 2.05) is 73.7 Å². The molecule has 4 aromatic rings. The van der Waals surface area contributed by atoms with Crippen molar-refractivity contribution in [3.8, 4) is 17.0 Å². The maximum absolute atomic E-state index is 13.2. The van der Waals surface area contributed by atoms with E-state index in [1.165, 1.54) is 4.90 Å². The number of nitrogens with two attached hydrogens (primary N) is 1. The molecule has 3 aromatic carbocycles. The predicted molar refractivity (Wildman–Crippen MR) is 125 cm³/mol. The van der Waals surface area contributed by atoms with E-state index in [1.54, 1.807) is 18.2 Å². The average Bonchev–Trinajstić information content (AvgIpc) is 2.83. The van der Waals surface area contributed by atoms with Gasteiger partial charge in [0.05, 0.1) is 17.2 Å². The van der Waals surface area contributed by atoms with E-state index >= 15 is 0 Å². The molecule has 0 bridgehead atoms. The van der Waals surface area contributed by atoms with Gasteiger partial charge in [0.2, 0.25) is 0 Å². The third kappa shape index (κ3) is 3.78. The zero-order valence-corrected chi connectivity index (χ0v) is 17.6. The normalized spacial score (nSPS) is 11.8. The number of primary amides is 1. The van der Waals surface area contributed by atoms with Crippen LogP contribution in [0, 0.1) is 0 Å². The summed E-state index contributed by atoms with van der Waals surface area (Å²) in [6.07, 6.45) is 0.500. The van der Waals surface area contributed by atoms with Crippen molar-refractivity contribution in [2.24, 2.45) is 5.73 Å². The Morgan fingerprint density at radius 1 is 0.938 bits per heavy atom. The number of aromatic nitrogens is 1. The number of para-hydroxylation sites is 1. The van der Waals surface area contributed by atoms with Gasteiger partial charge < -0.3 is 10.8 Å². The number of aromatic hydroxyl groups is 1. The highest BCUT2D eigenvalue weighted by Crippen LogP contribution is 2.45. The Bertz CT molecular complexity index is 1270. The molecule has 4 rings (SSSR count). The minimum absolute atomic E-state index is 0.182. The van der Waals surface area contributed by atoms with Crippen LogP contribution in [0.2, 0.25) is 0 Å². The van der Waals surface area contributed by atoms with Crippen LogP contribution in [0.3, 0.4) is 0 Å². The molecule has 0 aliphatic heterocycles. The van der Waals surface area contributed by atoms with Gasteiger partial charge in [0.1, 0.15) is 5.69 Å². The Morgan fingerprint density at radius 2 is 1.53 bits per heavy atom. The lowest BCUT2D eigenvalue weighted by Gasteiger charge is -2.32. The summed E-state index contributed by atoms with van der Waals surface area (Å²) in [4.78, 5) is 31.2. The molecule has 0 spiro atoms. The summed E-state index contributed by atoms with van der Waals surface area (Å²) in [5, 5.41) is 12.0. The molecule has 0 saturated heterocycles. The third-order valence-electron chi connectivity index (χ3n) is 5.44. The van der Waals surface area contributed by atoms with Crippen molar-refractivity contribution in [1.29, 1.82) is 0 Å². The van der Waals surface area contributed by atoms with Gasteiger partial charge in [0.25, 0.3) is 0 Å². The molecule has 0 fully saturated rings. The Morgan fingerprint density at radius 3 is 2.16 bits per heavy atom. The molecule has 0 unspecified atom stereocenters. The first kappa shape index (κ1) is 21.1. The number of anilines is 1. The molecule has 160 valence electrons. The minimum Gasteiger partial charge on any atom is -0.504 e. The van der Waals surface area contributed by atoms with Gasteiger partial charge in [-0.25, -0.2) is 4.98 Å². The van der Waals surface area contributed by atoms with Gasteiger partial charge in [-0.05, 0) is 18.1 Å². The van der Waals surface area contributed by atoms with Crippen molar-refractivity contribution >= 4 is 28.4 Å². The topological polar surface area (TPSA) is 96.5 Å². The number of hydrogen-bond acceptors (Lipinski definition) is 4. The van der Waals surface area contributed by atoms with Crippen molar-refractivity contribution < 1.29 is 14.7 Å². The number of fused-ring (bicyclic) bond motifs is 1. The highest BCUT2D eigenvalue weighted by molar-refractivity contribution is 6.40. The van der Waals surface area contributed by atoms with Crippen molar-refractivity contribution in [3.05, 3.63) is 90.5 Å². The summed E-state index contributed by atoms with van der Waals surface area (Å²) in [5.41, 5.74) is 8.10. The van der Waals surface area contributed by atoms with E-state index in [4.69, 9.17) is 5.73 Å². The maximum atomic E-state index is 13.2. The molecule has 0 aliphatic rings. The summed E-state index contributed by atoms with van der Waals surface area (Å²) >= 11 is 0. The molecule has 0 aliphatic carbocycles. The van der Waals surface area contributed by atoms with E-state index < -0.39 is 17.9 Å². The smallest absolute Gasteiger partial charge is 0.316 e. The Hall–Kier alpha value is -4.19. The van der Waals surface area contributed by atoms with Crippen LogP contribution in [0.1, 0.15) is 24.9 Å². The quantitative estimate of drug-likeness (QED) is 0.458. The average molecular weight is 425 g/mol. The van der Waals surface area contributed by atoms with E-state index in [0.717, 1.165) is 5.56 Å². The van der Waals surface area contributed by atoms with Crippen molar-refractivity contribution in [3.63, 3.8) is 0 Å². The van der Waals surface area contributed by atoms with Gasteiger partial charge >= 0.3 is 11.8 Å². The fourth-order valence-electron chi connectivity index (χ4n) is 3.99. The number of nitrogens with zero attached hydrogens (tertiary/aromatic N) is 2. The molecule has 1 aromatic heterocycles. The van der Waals surface area contributed by atoms with E-state index in [9.17, 15) is 14.7 Å². The number of carbonyl (C=O) groups excluding carboxylic acids is 2. The van der Waals surface area contributed by atoms with Crippen LogP contribution in [0.5, 0.6) is 5.75 Å². The summed E-state index contributed by atoms with van der Waals surface area (Å²) in [7, 11) is 0. The van der Waals surface area contributed by atoms with Crippen LogP contribution in [0.4, 0.5) is 5.69 Å². The molecule has 6 nitrogen and oxygen atoms in total. The maximum Gasteiger partial charge on any atom is 0.316 e. The lowest BCUT2D eigenvalue weighted by atomic mass is 9.99. The van der Waals surface area contributed by atoms with E-state index in [-0.39, 0.29) is 11.4 Å². The zero-order chi connectivity index (χ0) is 22.7. The Balaban J connectivity index is 2.05. The monoisotopic (exact) mass is 425 g/mol. The minimum atomic E-state index is -1.10. The van der Waals surface area contributed by atoms with Gasteiger partial charge in [0.15, 0.2) is 5.75 Å². The molecular formula is C26H23N3O3. The first-order valence-electron chi connectivity index (χ1n) is 10.4. The second kappa shape index (κ2) is 8.89. The zero-order valence-electron chi connectivity index (χ0n) is 17.6. The number of amides is 2. The molecule has 0 radical (unpaired) electrons. The first-order valence-corrected chi connectivity index (χ1v) is 10.4. The van der Waals surface area contributed by atoms with Crippen LogP contribution in [-0.4, -0.2) is 21.9 Å². The Kier molecular flexibility index (Phi) is 5.85. The Labute approximate surface area is 185 Å².